The van der Waals surface area contributed by atoms with Crippen molar-refractivity contribution in [1.82, 2.24) is 51.5 Å². The van der Waals surface area contributed by atoms with Crippen molar-refractivity contribution in [2.75, 3.05) is 31.7 Å². The highest BCUT2D eigenvalue weighted by atomic mass is 35.5. The van der Waals surface area contributed by atoms with Crippen LogP contribution in [0, 0.1) is 67.3 Å². The van der Waals surface area contributed by atoms with E-state index in [0.29, 0.717) is 88.2 Å². The normalized spacial score (nSPS) is 24.6. The molecule has 688 valence electrons. The van der Waals surface area contributed by atoms with Crippen LogP contribution in [0.1, 0.15) is 192 Å². The molecule has 2 unspecified atom stereocenters. The SMILES string of the molecule is Cc1cc(OCC(=O)CC23CC(NC(=O)c4ccc(C#N)c(F)c4)(C2)C3)ccc1Cl.Cc1cc(OCC(=O)CC23CC(Nc4nccc(-c5ccc(Cl)cc5)n4)(C2)C3)ccc1Cl.Cc1ccc(OCC(=O)NC23CCC(NC(=O)c4ccc(C(F)(F)F)nc4)(CC2)C(F)C3)cc1F.Cc1ccc(OCC(=O)NC23CCC(NC(=O)c4cnc(C(F)F)cn4)(CC2)C(F)C3)cc1F. The monoisotopic (exact) mass is 1870 g/mol. The Kier molecular flexibility index (Phi) is 27.9. The molecule has 21 rings (SSSR count). The fourth-order valence-electron chi connectivity index (χ4n) is 19.2. The topological polar surface area (TPSA) is 317 Å². The van der Waals surface area contributed by atoms with Gasteiger partial charge in [-0.2, -0.15) is 18.4 Å². The molecule has 2 atom stereocenters. The molecule has 0 radical (unpaired) electrons. The van der Waals surface area contributed by atoms with Crippen molar-refractivity contribution in [2.24, 2.45) is 10.8 Å². The van der Waals surface area contributed by atoms with E-state index in [4.69, 9.17) is 59.0 Å². The Morgan fingerprint density at radius 1 is 0.481 bits per heavy atom. The molecule has 36 heteroatoms. The summed E-state index contributed by atoms with van der Waals surface area (Å²) in [5, 5.41) is 28.3. The number of aryl methyl sites for hydroxylation is 4. The van der Waals surface area contributed by atoms with Crippen LogP contribution in [0.5, 0.6) is 23.0 Å². The number of alkyl halides is 7. The standard InChI is InChI=1S/C25H23Cl2N3O2.C24H24F5N3O3.C23H20ClFN2O3.C23H24F4N4O3/c1-16-10-20(6-7-21(16)27)32-12-19(31)11-24-13-25(14-24,15-24)30-23-28-9-8-22(29-23)17-2-4-18(26)5-3-17;1-14-2-4-16(10-17(14)25)35-13-20(33)31-22-6-8-23(9-7-22,18(26)11-22)32-21(34)15-3-5-19(30-12-15)24(27,28)29;1-14-6-18(4-5-19(14)24)30-10-17(28)8-22-11-23(12-22,13-22)27-21(29)15-2-3-16(9-26)20(25)7-15;1-13-2-3-14(8-15(13)24)34-12-19(32)30-22-4-6-23(7-5-22,18(25)9-22)31-21(33)17-11-28-16(10-29-17)20(26)27/h2-10H,11-15H2,1H3,(H,28,29,30);2-5,10,12,18H,6-9,11,13H2,1H3,(H,31,33)(H,32,34);2-7H,8,10-13H2,1H3,(H,27,29);2-3,8,10-11,18,20H,4-7,9,12H2,1H3,(H,30,32)(H,31,33). The van der Waals surface area contributed by atoms with E-state index in [1.165, 1.54) is 30.3 Å². The first-order valence-corrected chi connectivity index (χ1v) is 43.4. The van der Waals surface area contributed by atoms with Gasteiger partial charge in [-0.25, -0.2) is 45.7 Å². The molecule has 131 heavy (non-hydrogen) atoms. The Labute approximate surface area is 762 Å². The van der Waals surface area contributed by atoms with Crippen molar-refractivity contribution in [3.05, 3.63) is 247 Å². The van der Waals surface area contributed by atoms with E-state index >= 15 is 8.78 Å². The van der Waals surface area contributed by atoms with E-state index in [1.807, 2.05) is 50.2 Å². The fraction of sp³-hybridized carbons (Fsp3) is 0.400. The first-order chi connectivity index (χ1) is 62.1. The van der Waals surface area contributed by atoms with Crippen LogP contribution >= 0.6 is 34.8 Å². The van der Waals surface area contributed by atoms with Crippen LogP contribution in [-0.4, -0.2) is 138 Å². The number of nitrogens with zero attached hydrogens (tertiary/aromatic N) is 6. The lowest BCUT2D eigenvalue weighted by atomic mass is 9.38. The zero-order valence-corrected chi connectivity index (χ0v) is 73.7. The molecule has 0 saturated heterocycles. The van der Waals surface area contributed by atoms with Crippen LogP contribution in [-0.2, 0) is 25.4 Å². The summed E-state index contributed by atoms with van der Waals surface area (Å²) in [5.41, 5.74) is -1.38. The van der Waals surface area contributed by atoms with Gasteiger partial charge >= 0.3 is 6.18 Å². The van der Waals surface area contributed by atoms with Crippen molar-refractivity contribution in [2.45, 2.75) is 201 Å². The second-order valence-corrected chi connectivity index (χ2v) is 37.0. The van der Waals surface area contributed by atoms with Gasteiger partial charge in [0.2, 0.25) is 5.95 Å². The first kappa shape index (κ1) is 95.1. The molecule has 6 N–H and O–H groups in total. The number of amides is 5. The van der Waals surface area contributed by atoms with Crippen LogP contribution in [0.15, 0.2) is 158 Å². The van der Waals surface area contributed by atoms with Crippen molar-refractivity contribution < 1.29 is 96.4 Å². The maximum absolute atomic E-state index is 15.3. The van der Waals surface area contributed by atoms with E-state index in [-0.39, 0.29) is 138 Å². The fourth-order valence-corrected chi connectivity index (χ4v) is 19.5. The maximum atomic E-state index is 15.3. The highest BCUT2D eigenvalue weighted by molar-refractivity contribution is 6.31. The minimum atomic E-state index is -4.63. The molecular weight excluding hydrogens is 1780 g/mol. The minimum Gasteiger partial charge on any atom is -0.486 e. The summed E-state index contributed by atoms with van der Waals surface area (Å²) in [4.78, 5) is 107. The van der Waals surface area contributed by atoms with E-state index < -0.39 is 99.6 Å². The van der Waals surface area contributed by atoms with Gasteiger partial charge in [-0.3, -0.25) is 43.5 Å². The summed E-state index contributed by atoms with van der Waals surface area (Å²) in [6, 6.07) is 36.0. The van der Waals surface area contributed by atoms with Gasteiger partial charge in [0.1, 0.15) is 89.2 Å². The number of Topliss-reactive ketones (excluding diaryl/α,β-unsaturated/α-hetero) is 2. The molecule has 8 bridgehead atoms. The molecule has 6 aromatic carbocycles. The van der Waals surface area contributed by atoms with Crippen LogP contribution in [0.4, 0.5) is 49.9 Å². The number of fused-ring (bicyclic) bond motifs is 6. The summed E-state index contributed by atoms with van der Waals surface area (Å²) in [5.74, 6) is -1.77. The zero-order chi connectivity index (χ0) is 93.8. The molecule has 23 nitrogen and oxygen atoms in total. The summed E-state index contributed by atoms with van der Waals surface area (Å²) in [6.45, 7) is 6.42. The lowest BCUT2D eigenvalue weighted by molar-refractivity contribution is -0.162. The molecule has 3 aromatic heterocycles. The molecule has 9 aromatic rings. The summed E-state index contributed by atoms with van der Waals surface area (Å²) in [7, 11) is 0. The Bertz CT molecular complexity index is 5840. The lowest BCUT2D eigenvalue weighted by Gasteiger charge is -2.70. The number of ether oxygens (including phenoxy) is 4. The number of hydrogen-bond acceptors (Lipinski definition) is 18. The Morgan fingerprint density at radius 3 is 1.40 bits per heavy atom. The van der Waals surface area contributed by atoms with Gasteiger partial charge in [0, 0.05) is 98.6 Å². The number of halogens is 13. The number of anilines is 1. The molecule has 12 fully saturated rings. The predicted molar refractivity (Wildman–Crippen MR) is 463 cm³/mol. The quantitative estimate of drug-likeness (QED) is 0.0248. The average Bonchev–Trinajstić information content (AvgIpc) is 0.684. The van der Waals surface area contributed by atoms with Crippen LogP contribution in [0.2, 0.25) is 15.1 Å². The van der Waals surface area contributed by atoms with Crippen molar-refractivity contribution in [3.8, 4) is 40.3 Å². The van der Waals surface area contributed by atoms with Gasteiger partial charge in [0.15, 0.2) is 24.8 Å². The number of aromatic nitrogens is 5. The smallest absolute Gasteiger partial charge is 0.433 e. The first-order valence-electron chi connectivity index (χ1n) is 42.3. The zero-order valence-electron chi connectivity index (χ0n) is 71.4. The number of benzene rings is 6. The number of ketones is 2. The molecule has 0 aliphatic heterocycles. The number of nitriles is 1. The average molecular weight is 1870 g/mol. The molecule has 3 heterocycles. The van der Waals surface area contributed by atoms with E-state index in [9.17, 15) is 68.7 Å². The van der Waals surface area contributed by atoms with Gasteiger partial charge in [0.05, 0.1) is 40.3 Å². The predicted octanol–water partition coefficient (Wildman–Crippen LogP) is 18.3. The minimum absolute atomic E-state index is 0.00665. The van der Waals surface area contributed by atoms with Crippen molar-refractivity contribution >= 4 is 81.9 Å². The van der Waals surface area contributed by atoms with Crippen LogP contribution < -0.4 is 50.8 Å². The van der Waals surface area contributed by atoms with E-state index in [0.717, 1.165) is 91.6 Å². The molecule has 12 aliphatic rings. The van der Waals surface area contributed by atoms with Gasteiger partial charge in [-0.1, -0.05) is 59.1 Å². The summed E-state index contributed by atoms with van der Waals surface area (Å²) >= 11 is 18.0. The number of carbonyl (C=O) groups is 7. The van der Waals surface area contributed by atoms with Gasteiger partial charge in [0.25, 0.3) is 36.0 Å². The number of pyridine rings is 1. The Hall–Kier alpha value is -12.0. The third-order valence-corrected chi connectivity index (χ3v) is 27.0. The number of nitrogens with one attached hydrogen (secondary N) is 6. The Balaban J connectivity index is 0.000000141. The largest absolute Gasteiger partial charge is 0.486 e. The molecule has 0 spiro atoms. The van der Waals surface area contributed by atoms with Crippen molar-refractivity contribution in [3.63, 3.8) is 0 Å². The third-order valence-electron chi connectivity index (χ3n) is 25.9. The van der Waals surface area contributed by atoms with Gasteiger partial charge < -0.3 is 50.8 Å². The number of hydrogen-bond donors (Lipinski definition) is 6. The van der Waals surface area contributed by atoms with Gasteiger partial charge in [-0.05, 0) is 248 Å². The number of carbonyl (C=O) groups excluding carboxylic acids is 7. The second kappa shape index (κ2) is 38.4. The van der Waals surface area contributed by atoms with Crippen molar-refractivity contribution in [1.29, 1.82) is 5.26 Å². The second-order valence-electron chi connectivity index (χ2n) is 35.8. The molecule has 12 aliphatic carbocycles. The van der Waals surface area contributed by atoms with E-state index in [1.54, 1.807) is 74.6 Å². The summed E-state index contributed by atoms with van der Waals surface area (Å²) in [6.07, 6.45) is 2.80. The third kappa shape index (κ3) is 22.3. The van der Waals surface area contributed by atoms with Gasteiger partial charge in [-0.15, -0.1) is 0 Å². The number of rotatable bonds is 28. The Morgan fingerprint density at radius 2 is 0.954 bits per heavy atom. The maximum Gasteiger partial charge on any atom is 0.433 e. The highest BCUT2D eigenvalue weighted by Crippen LogP contribution is 2.70. The molecule has 12 saturated carbocycles. The highest BCUT2D eigenvalue weighted by Gasteiger charge is 2.70. The molecule has 5 amide bonds. The van der Waals surface area contributed by atoms with Crippen LogP contribution in [0.3, 0.4) is 0 Å². The molecular formula is C95H91Cl3F10N12O11. The van der Waals surface area contributed by atoms with Crippen LogP contribution in [0.25, 0.3) is 11.3 Å². The summed E-state index contributed by atoms with van der Waals surface area (Å²) < 4.78 is 157. The van der Waals surface area contributed by atoms with E-state index in [2.05, 4.69) is 56.8 Å². The lowest BCUT2D eigenvalue weighted by Crippen LogP contribution is -2.75.